The molecule has 1 aromatic rings. The minimum absolute atomic E-state index is 0.162. The first-order valence-electron chi connectivity index (χ1n) is 6.97. The van der Waals surface area contributed by atoms with Crippen molar-refractivity contribution in [2.24, 2.45) is 10.9 Å². The maximum atomic E-state index is 8.97. The van der Waals surface area contributed by atoms with Gasteiger partial charge >= 0.3 is 0 Å². The molecule has 0 amide bonds. The van der Waals surface area contributed by atoms with Gasteiger partial charge in [0, 0.05) is 30.9 Å². The van der Waals surface area contributed by atoms with E-state index in [0.717, 1.165) is 42.9 Å². The van der Waals surface area contributed by atoms with E-state index in [1.807, 2.05) is 19.1 Å². The zero-order valence-corrected chi connectivity index (χ0v) is 12.9. The molecular weight excluding hydrogens is 252 g/mol. The van der Waals surface area contributed by atoms with Crippen LogP contribution >= 0.6 is 0 Å². The molecule has 20 heavy (non-hydrogen) atoms. The van der Waals surface area contributed by atoms with E-state index in [1.165, 1.54) is 0 Å². The highest BCUT2D eigenvalue weighted by Gasteiger charge is 2.14. The summed E-state index contributed by atoms with van der Waals surface area (Å²) in [4.78, 5) is 4.44. The fourth-order valence-electron chi connectivity index (χ4n) is 2.13. The maximum Gasteiger partial charge on any atom is 0.172 e. The molecule has 1 aromatic carbocycles. The Kier molecular flexibility index (Phi) is 6.31. The Morgan fingerprint density at radius 1 is 1.25 bits per heavy atom. The van der Waals surface area contributed by atoms with Gasteiger partial charge < -0.3 is 20.7 Å². The highest BCUT2D eigenvalue weighted by molar-refractivity contribution is 6.02. The van der Waals surface area contributed by atoms with Crippen LogP contribution in [0.1, 0.15) is 24.5 Å². The SMILES string of the molecule is CCCN(CCN(C)C)c1ccc(C)cc1/C(N)=N/O. The molecule has 112 valence electrons. The highest BCUT2D eigenvalue weighted by Crippen LogP contribution is 2.22. The smallest absolute Gasteiger partial charge is 0.172 e. The molecule has 0 heterocycles. The van der Waals surface area contributed by atoms with Crippen LogP contribution < -0.4 is 10.6 Å². The van der Waals surface area contributed by atoms with Gasteiger partial charge in [-0.25, -0.2) is 0 Å². The molecule has 5 nitrogen and oxygen atoms in total. The number of oxime groups is 1. The standard InChI is InChI=1S/C15H26N4O/c1-5-8-19(10-9-18(3)4)14-7-6-12(2)11-13(14)15(16)17-20/h6-7,11,20H,5,8-10H2,1-4H3,(H2,16,17). The van der Waals surface area contributed by atoms with Crippen LogP contribution in [0.5, 0.6) is 0 Å². The molecular formula is C15H26N4O. The first-order valence-corrected chi connectivity index (χ1v) is 6.97. The molecule has 0 atom stereocenters. The van der Waals surface area contributed by atoms with E-state index in [-0.39, 0.29) is 5.84 Å². The average Bonchev–Trinajstić information content (AvgIpc) is 2.42. The minimum atomic E-state index is 0.162. The van der Waals surface area contributed by atoms with Crippen LogP contribution in [-0.4, -0.2) is 49.7 Å². The second kappa shape index (κ2) is 7.75. The summed E-state index contributed by atoms with van der Waals surface area (Å²) in [6.45, 7) is 6.98. The normalized spacial score (nSPS) is 11.9. The second-order valence-corrected chi connectivity index (χ2v) is 5.30. The number of hydrogen-bond donors (Lipinski definition) is 2. The molecule has 0 aromatic heterocycles. The molecule has 3 N–H and O–H groups in total. The van der Waals surface area contributed by atoms with Crippen LogP contribution in [0.2, 0.25) is 0 Å². The first-order chi connectivity index (χ1) is 9.49. The third-order valence-electron chi connectivity index (χ3n) is 3.19. The fourth-order valence-corrected chi connectivity index (χ4v) is 2.13. The van der Waals surface area contributed by atoms with Crippen molar-refractivity contribution in [1.82, 2.24) is 4.90 Å². The van der Waals surface area contributed by atoms with Crippen molar-refractivity contribution in [3.05, 3.63) is 29.3 Å². The van der Waals surface area contributed by atoms with Crippen LogP contribution in [0.4, 0.5) is 5.69 Å². The highest BCUT2D eigenvalue weighted by atomic mass is 16.4. The van der Waals surface area contributed by atoms with E-state index in [4.69, 9.17) is 10.9 Å². The number of nitrogens with zero attached hydrogens (tertiary/aromatic N) is 3. The maximum absolute atomic E-state index is 8.97. The molecule has 0 saturated carbocycles. The summed E-state index contributed by atoms with van der Waals surface area (Å²) in [7, 11) is 4.12. The quantitative estimate of drug-likeness (QED) is 0.346. The largest absolute Gasteiger partial charge is 0.409 e. The number of aryl methyl sites for hydroxylation is 1. The Morgan fingerprint density at radius 3 is 2.50 bits per heavy atom. The van der Waals surface area contributed by atoms with Crippen LogP contribution in [-0.2, 0) is 0 Å². The zero-order chi connectivity index (χ0) is 15.1. The van der Waals surface area contributed by atoms with Gasteiger partial charge in [-0.05, 0) is 39.6 Å². The Labute approximate surface area is 121 Å². The average molecular weight is 278 g/mol. The van der Waals surface area contributed by atoms with Gasteiger partial charge in [-0.1, -0.05) is 23.7 Å². The number of rotatable bonds is 7. The number of nitrogens with two attached hydrogens (primary N) is 1. The van der Waals surface area contributed by atoms with Gasteiger partial charge in [-0.15, -0.1) is 0 Å². The number of hydrogen-bond acceptors (Lipinski definition) is 4. The van der Waals surface area contributed by atoms with Crippen molar-refractivity contribution in [2.45, 2.75) is 20.3 Å². The molecule has 0 spiro atoms. The first kappa shape index (κ1) is 16.3. The van der Waals surface area contributed by atoms with Gasteiger partial charge in [0.05, 0.1) is 0 Å². The lowest BCUT2D eigenvalue weighted by atomic mass is 10.1. The Bertz CT molecular complexity index is 457. The van der Waals surface area contributed by atoms with Crippen molar-refractivity contribution < 1.29 is 5.21 Å². The van der Waals surface area contributed by atoms with E-state index in [2.05, 4.69) is 42.0 Å². The third kappa shape index (κ3) is 4.42. The molecule has 0 bridgehead atoms. The summed E-state index contributed by atoms with van der Waals surface area (Å²) in [6, 6.07) is 6.07. The van der Waals surface area contributed by atoms with E-state index in [9.17, 15) is 0 Å². The third-order valence-corrected chi connectivity index (χ3v) is 3.19. The van der Waals surface area contributed by atoms with Crippen LogP contribution in [0, 0.1) is 6.92 Å². The molecule has 0 aliphatic carbocycles. The van der Waals surface area contributed by atoms with Crippen LogP contribution in [0.25, 0.3) is 0 Å². The number of likely N-dealkylation sites (N-methyl/N-ethyl adjacent to an activating group) is 1. The van der Waals surface area contributed by atoms with Gasteiger partial charge in [0.1, 0.15) is 0 Å². The summed E-state index contributed by atoms with van der Waals surface area (Å²) < 4.78 is 0. The van der Waals surface area contributed by atoms with Gasteiger partial charge in [0.25, 0.3) is 0 Å². The Hall–Kier alpha value is -1.75. The van der Waals surface area contributed by atoms with E-state index in [0.29, 0.717) is 0 Å². The summed E-state index contributed by atoms with van der Waals surface area (Å²) in [6.07, 6.45) is 1.05. The van der Waals surface area contributed by atoms with Gasteiger partial charge in [0.15, 0.2) is 5.84 Å². The lowest BCUT2D eigenvalue weighted by Crippen LogP contribution is -2.34. The van der Waals surface area contributed by atoms with E-state index < -0.39 is 0 Å². The minimum Gasteiger partial charge on any atom is -0.409 e. The number of anilines is 1. The zero-order valence-electron chi connectivity index (χ0n) is 12.9. The molecule has 0 aliphatic heterocycles. The molecule has 0 aliphatic rings. The lowest BCUT2D eigenvalue weighted by Gasteiger charge is -2.28. The molecule has 0 saturated heterocycles. The summed E-state index contributed by atoms with van der Waals surface area (Å²) in [5.41, 5.74) is 8.73. The molecule has 1 rings (SSSR count). The topological polar surface area (TPSA) is 65.1 Å². The Morgan fingerprint density at radius 2 is 1.95 bits per heavy atom. The van der Waals surface area contributed by atoms with Crippen molar-refractivity contribution >= 4 is 11.5 Å². The van der Waals surface area contributed by atoms with Gasteiger partial charge in [0.2, 0.25) is 0 Å². The fraction of sp³-hybridized carbons (Fsp3) is 0.533. The van der Waals surface area contributed by atoms with Crippen molar-refractivity contribution in [2.75, 3.05) is 38.6 Å². The predicted octanol–water partition coefficient (Wildman–Crippen LogP) is 1.87. The predicted molar refractivity (Wildman–Crippen MR) is 84.7 cm³/mol. The Balaban J connectivity index is 3.11. The van der Waals surface area contributed by atoms with Crippen molar-refractivity contribution in [1.29, 1.82) is 0 Å². The van der Waals surface area contributed by atoms with Gasteiger partial charge in [-0.2, -0.15) is 0 Å². The second-order valence-electron chi connectivity index (χ2n) is 5.30. The van der Waals surface area contributed by atoms with Crippen LogP contribution in [0.3, 0.4) is 0 Å². The summed E-state index contributed by atoms with van der Waals surface area (Å²) in [5, 5.41) is 12.1. The number of amidine groups is 1. The molecule has 0 radical (unpaired) electrons. The van der Waals surface area contributed by atoms with Crippen molar-refractivity contribution in [3.63, 3.8) is 0 Å². The number of benzene rings is 1. The molecule has 0 fully saturated rings. The van der Waals surface area contributed by atoms with E-state index in [1.54, 1.807) is 0 Å². The lowest BCUT2D eigenvalue weighted by molar-refractivity contribution is 0.318. The van der Waals surface area contributed by atoms with Crippen molar-refractivity contribution in [3.8, 4) is 0 Å². The molecule has 5 heteroatoms. The molecule has 0 unspecified atom stereocenters. The van der Waals surface area contributed by atoms with E-state index >= 15 is 0 Å². The van der Waals surface area contributed by atoms with Gasteiger partial charge in [-0.3, -0.25) is 0 Å². The monoisotopic (exact) mass is 278 g/mol. The van der Waals surface area contributed by atoms with Crippen LogP contribution in [0.15, 0.2) is 23.4 Å². The summed E-state index contributed by atoms with van der Waals surface area (Å²) in [5.74, 6) is 0.162. The summed E-state index contributed by atoms with van der Waals surface area (Å²) >= 11 is 0.